The van der Waals surface area contributed by atoms with Crippen molar-refractivity contribution in [3.63, 3.8) is 0 Å². The van der Waals surface area contributed by atoms with Gasteiger partial charge in [-0.3, -0.25) is 0 Å². The Morgan fingerprint density at radius 1 is 1.17 bits per heavy atom. The van der Waals surface area contributed by atoms with Crippen molar-refractivity contribution in [2.45, 2.75) is 50.4 Å². The van der Waals surface area contributed by atoms with Gasteiger partial charge in [-0.1, -0.05) is 0 Å². The highest BCUT2D eigenvalue weighted by Gasteiger charge is 2.52. The number of aromatic nitrogens is 1. The summed E-state index contributed by atoms with van der Waals surface area (Å²) in [6.45, 7) is 0.626. The quantitative estimate of drug-likeness (QED) is 0.892. The summed E-state index contributed by atoms with van der Waals surface area (Å²) in [4.78, 5) is 4.74. The first-order valence-electron chi connectivity index (χ1n) is 7.42. The molecule has 4 saturated carbocycles. The molecule has 0 amide bonds. The Kier molecular flexibility index (Phi) is 2.35. The second kappa shape index (κ2) is 3.83. The number of rotatable bonds is 3. The molecule has 4 fully saturated rings. The number of hydrogen-bond donors (Lipinski definition) is 1. The van der Waals surface area contributed by atoms with E-state index in [1.807, 2.05) is 6.26 Å². The van der Waals surface area contributed by atoms with Gasteiger partial charge in [-0.25, -0.2) is 4.98 Å². The highest BCUT2D eigenvalue weighted by atomic mass is 16.3. The summed E-state index contributed by atoms with van der Waals surface area (Å²) in [5, 5.41) is 0. The summed E-state index contributed by atoms with van der Waals surface area (Å²) in [5.41, 5.74) is 7.18. The first-order valence-corrected chi connectivity index (χ1v) is 7.42. The van der Waals surface area contributed by atoms with Gasteiger partial charge in [-0.15, -0.1) is 0 Å². The van der Waals surface area contributed by atoms with E-state index in [9.17, 15) is 0 Å². The van der Waals surface area contributed by atoms with Crippen LogP contribution in [0.4, 0.5) is 0 Å². The van der Waals surface area contributed by atoms with E-state index in [-0.39, 0.29) is 0 Å². The molecule has 0 saturated heterocycles. The standard InChI is InChI=1S/C15H22N2O/c16-2-1-14-17-13(9-18-14)15-6-10-3-11(7-15)5-12(4-10)8-15/h9-12H,1-8,16H2. The fraction of sp³-hybridized carbons (Fsp3) is 0.800. The third-order valence-electron chi connectivity index (χ3n) is 5.49. The molecule has 4 bridgehead atoms. The number of oxazole rings is 1. The van der Waals surface area contributed by atoms with Gasteiger partial charge >= 0.3 is 0 Å². The topological polar surface area (TPSA) is 52.0 Å². The van der Waals surface area contributed by atoms with E-state index < -0.39 is 0 Å². The van der Waals surface area contributed by atoms with Gasteiger partial charge < -0.3 is 10.2 Å². The summed E-state index contributed by atoms with van der Waals surface area (Å²) in [5.74, 6) is 3.73. The molecular weight excluding hydrogens is 224 g/mol. The van der Waals surface area contributed by atoms with Crippen LogP contribution in [0.1, 0.15) is 50.1 Å². The van der Waals surface area contributed by atoms with Crippen molar-refractivity contribution in [1.29, 1.82) is 0 Å². The van der Waals surface area contributed by atoms with Gasteiger partial charge in [0.15, 0.2) is 5.89 Å². The molecule has 18 heavy (non-hydrogen) atoms. The lowest BCUT2D eigenvalue weighted by atomic mass is 9.49. The van der Waals surface area contributed by atoms with Crippen molar-refractivity contribution >= 4 is 0 Å². The zero-order chi connectivity index (χ0) is 12.2. The average molecular weight is 246 g/mol. The van der Waals surface area contributed by atoms with Gasteiger partial charge in [0.1, 0.15) is 6.26 Å². The Labute approximate surface area is 108 Å². The number of nitrogens with zero attached hydrogens (tertiary/aromatic N) is 1. The summed E-state index contributed by atoms with van der Waals surface area (Å²) in [6.07, 6.45) is 11.2. The fourth-order valence-corrected chi connectivity index (χ4v) is 5.22. The van der Waals surface area contributed by atoms with Crippen molar-refractivity contribution in [3.05, 3.63) is 17.8 Å². The van der Waals surface area contributed by atoms with Crippen LogP contribution in [-0.4, -0.2) is 11.5 Å². The molecule has 3 nitrogen and oxygen atoms in total. The third-order valence-corrected chi connectivity index (χ3v) is 5.49. The molecule has 0 unspecified atom stereocenters. The predicted molar refractivity (Wildman–Crippen MR) is 69.1 cm³/mol. The van der Waals surface area contributed by atoms with Gasteiger partial charge in [0.05, 0.1) is 5.69 Å². The zero-order valence-corrected chi connectivity index (χ0v) is 10.9. The Hall–Kier alpha value is -0.830. The first-order chi connectivity index (χ1) is 8.77. The predicted octanol–water partition coefficient (Wildman–Crippen LogP) is 2.64. The normalized spacial score (nSPS) is 41.5. The molecule has 0 aliphatic heterocycles. The van der Waals surface area contributed by atoms with Crippen LogP contribution in [0, 0.1) is 17.8 Å². The van der Waals surface area contributed by atoms with Crippen molar-refractivity contribution < 1.29 is 4.42 Å². The lowest BCUT2D eigenvalue weighted by molar-refractivity contribution is -0.00724. The molecule has 98 valence electrons. The summed E-state index contributed by atoms with van der Waals surface area (Å²) in [7, 11) is 0. The van der Waals surface area contributed by atoms with E-state index in [0.29, 0.717) is 12.0 Å². The van der Waals surface area contributed by atoms with E-state index in [2.05, 4.69) is 0 Å². The molecule has 4 aliphatic rings. The molecule has 3 heteroatoms. The monoisotopic (exact) mass is 246 g/mol. The van der Waals surface area contributed by atoms with E-state index in [1.54, 1.807) is 0 Å². The fourth-order valence-electron chi connectivity index (χ4n) is 5.22. The molecule has 1 aromatic rings. The van der Waals surface area contributed by atoms with E-state index in [0.717, 1.165) is 30.1 Å². The van der Waals surface area contributed by atoms with Gasteiger partial charge in [-0.05, 0) is 56.3 Å². The second-order valence-corrected chi connectivity index (χ2v) is 6.86. The van der Waals surface area contributed by atoms with E-state index >= 15 is 0 Å². The van der Waals surface area contributed by atoms with Crippen LogP contribution >= 0.6 is 0 Å². The summed E-state index contributed by atoms with van der Waals surface area (Å²) < 4.78 is 5.60. The molecule has 0 spiro atoms. The van der Waals surface area contributed by atoms with Crippen molar-refractivity contribution in [2.75, 3.05) is 6.54 Å². The van der Waals surface area contributed by atoms with Crippen LogP contribution in [0.15, 0.2) is 10.7 Å². The minimum absolute atomic E-state index is 0.366. The van der Waals surface area contributed by atoms with Crippen LogP contribution < -0.4 is 5.73 Å². The first kappa shape index (κ1) is 11.0. The molecule has 0 atom stereocenters. The molecule has 0 radical (unpaired) electrons. The second-order valence-electron chi connectivity index (χ2n) is 6.86. The van der Waals surface area contributed by atoms with E-state index in [1.165, 1.54) is 44.2 Å². The van der Waals surface area contributed by atoms with Gasteiger partial charge in [-0.2, -0.15) is 0 Å². The highest BCUT2D eigenvalue weighted by molar-refractivity contribution is 5.20. The molecule has 2 N–H and O–H groups in total. The zero-order valence-electron chi connectivity index (χ0n) is 10.9. The lowest BCUT2D eigenvalue weighted by Crippen LogP contribution is -2.48. The summed E-state index contributed by atoms with van der Waals surface area (Å²) in [6, 6.07) is 0. The van der Waals surface area contributed by atoms with Gasteiger partial charge in [0.2, 0.25) is 0 Å². The molecule has 0 aromatic carbocycles. The molecule has 5 rings (SSSR count). The van der Waals surface area contributed by atoms with Crippen molar-refractivity contribution in [3.8, 4) is 0 Å². The maximum Gasteiger partial charge on any atom is 0.195 e. The highest BCUT2D eigenvalue weighted by Crippen LogP contribution is 2.60. The lowest BCUT2D eigenvalue weighted by Gasteiger charge is -2.56. The number of nitrogens with two attached hydrogens (primary N) is 1. The van der Waals surface area contributed by atoms with Crippen molar-refractivity contribution in [2.24, 2.45) is 23.5 Å². The van der Waals surface area contributed by atoms with Crippen LogP contribution in [0.5, 0.6) is 0 Å². The van der Waals surface area contributed by atoms with Crippen LogP contribution in [0.3, 0.4) is 0 Å². The maximum absolute atomic E-state index is 5.60. The molecule has 4 aliphatic carbocycles. The minimum Gasteiger partial charge on any atom is -0.449 e. The van der Waals surface area contributed by atoms with Crippen LogP contribution in [0.25, 0.3) is 0 Å². The third kappa shape index (κ3) is 1.56. The Morgan fingerprint density at radius 3 is 2.33 bits per heavy atom. The Balaban J connectivity index is 1.66. The number of hydrogen-bond acceptors (Lipinski definition) is 3. The SMILES string of the molecule is NCCc1nc(C23CC4CC(CC(C4)C2)C3)co1. The molecule has 1 aromatic heterocycles. The maximum atomic E-state index is 5.60. The molecule has 1 heterocycles. The largest absolute Gasteiger partial charge is 0.449 e. The van der Waals surface area contributed by atoms with Gasteiger partial charge in [0, 0.05) is 18.4 Å². The van der Waals surface area contributed by atoms with Crippen LogP contribution in [0.2, 0.25) is 0 Å². The average Bonchev–Trinajstić information content (AvgIpc) is 2.77. The molecular formula is C15H22N2O. The van der Waals surface area contributed by atoms with Gasteiger partial charge in [0.25, 0.3) is 0 Å². The Bertz CT molecular complexity index is 416. The van der Waals surface area contributed by atoms with E-state index in [4.69, 9.17) is 15.1 Å². The van der Waals surface area contributed by atoms with Crippen LogP contribution in [-0.2, 0) is 11.8 Å². The smallest absolute Gasteiger partial charge is 0.195 e. The minimum atomic E-state index is 0.366. The Morgan fingerprint density at radius 2 is 1.78 bits per heavy atom. The summed E-state index contributed by atoms with van der Waals surface area (Å²) >= 11 is 0. The van der Waals surface area contributed by atoms with Crippen molar-refractivity contribution in [1.82, 2.24) is 4.98 Å².